The third-order valence-electron chi connectivity index (χ3n) is 3.96. The zero-order valence-corrected chi connectivity index (χ0v) is 13.3. The fourth-order valence-corrected chi connectivity index (χ4v) is 2.87. The van der Waals surface area contributed by atoms with Gasteiger partial charge >= 0.3 is 6.03 Å². The molecular weight excluding hydrogens is 314 g/mol. The number of carbonyl (C=O) groups is 1. The molecule has 0 bridgehead atoms. The number of carbonyl (C=O) groups excluding carboxylic acids is 1. The van der Waals surface area contributed by atoms with Gasteiger partial charge in [-0.1, -0.05) is 18.2 Å². The summed E-state index contributed by atoms with van der Waals surface area (Å²) >= 11 is 0. The molecule has 2 aromatic rings. The fourth-order valence-electron chi connectivity index (χ4n) is 2.87. The molecule has 0 saturated heterocycles. The molecule has 0 saturated carbocycles. The molecule has 3 rings (SSSR count). The number of fused-ring (bicyclic) bond motifs is 1. The van der Waals surface area contributed by atoms with Gasteiger partial charge in [0.2, 0.25) is 0 Å². The van der Waals surface area contributed by atoms with E-state index in [2.05, 4.69) is 5.32 Å². The second-order valence-corrected chi connectivity index (χ2v) is 5.71. The highest BCUT2D eigenvalue weighted by Crippen LogP contribution is 2.31. The van der Waals surface area contributed by atoms with Crippen molar-refractivity contribution in [3.8, 4) is 5.75 Å². The Morgan fingerprint density at radius 1 is 1.29 bits per heavy atom. The summed E-state index contributed by atoms with van der Waals surface area (Å²) in [5, 5.41) is 2.76. The summed E-state index contributed by atoms with van der Waals surface area (Å²) in [5.41, 5.74) is 2.05. The Kier molecular flexibility index (Phi) is 4.64. The van der Waals surface area contributed by atoms with Crippen LogP contribution in [0.25, 0.3) is 0 Å². The summed E-state index contributed by atoms with van der Waals surface area (Å²) in [5.74, 6) is -1.45. The molecule has 2 aromatic carbocycles. The molecule has 1 aliphatic rings. The highest BCUT2D eigenvalue weighted by molar-refractivity contribution is 5.94. The number of nitrogens with one attached hydrogen (secondary N) is 1. The number of amides is 2. The standard InChI is InChI=1S/C18H18F2N2O2/c1-12-10-13-4-2-3-5-16(13)22(12)18(23)21-8-9-24-17-7-6-14(19)11-15(17)20/h2-7,11-12H,8-10H2,1H3,(H,21,23). The monoisotopic (exact) mass is 332 g/mol. The van der Waals surface area contributed by atoms with Gasteiger partial charge in [0.25, 0.3) is 0 Å². The predicted octanol–water partition coefficient (Wildman–Crippen LogP) is 3.50. The summed E-state index contributed by atoms with van der Waals surface area (Å²) in [6.07, 6.45) is 0.820. The van der Waals surface area contributed by atoms with Crippen LogP contribution in [0.4, 0.5) is 19.3 Å². The third kappa shape index (κ3) is 3.32. The van der Waals surface area contributed by atoms with E-state index in [1.165, 1.54) is 6.07 Å². The van der Waals surface area contributed by atoms with Crippen LogP contribution in [0.5, 0.6) is 5.75 Å². The highest BCUT2D eigenvalue weighted by atomic mass is 19.1. The van der Waals surface area contributed by atoms with Gasteiger partial charge in [-0.2, -0.15) is 0 Å². The molecule has 1 heterocycles. The van der Waals surface area contributed by atoms with Crippen molar-refractivity contribution in [2.45, 2.75) is 19.4 Å². The van der Waals surface area contributed by atoms with Gasteiger partial charge in [0, 0.05) is 17.8 Å². The Hall–Kier alpha value is -2.63. The number of ether oxygens (including phenoxy) is 1. The predicted molar refractivity (Wildman–Crippen MR) is 87.3 cm³/mol. The maximum atomic E-state index is 13.4. The summed E-state index contributed by atoms with van der Waals surface area (Å²) < 4.78 is 31.5. The molecule has 0 radical (unpaired) electrons. The Bertz CT molecular complexity index is 752. The molecule has 126 valence electrons. The first kappa shape index (κ1) is 16.2. The minimum atomic E-state index is -0.761. The number of para-hydroxylation sites is 1. The number of rotatable bonds is 4. The van der Waals surface area contributed by atoms with Crippen molar-refractivity contribution in [2.75, 3.05) is 18.1 Å². The number of halogens is 2. The quantitative estimate of drug-likeness (QED) is 0.871. The lowest BCUT2D eigenvalue weighted by molar-refractivity contribution is 0.239. The van der Waals surface area contributed by atoms with Crippen LogP contribution in [0.1, 0.15) is 12.5 Å². The van der Waals surface area contributed by atoms with E-state index in [1.54, 1.807) is 4.90 Å². The summed E-state index contributed by atoms with van der Waals surface area (Å²) in [7, 11) is 0. The van der Waals surface area contributed by atoms with Crippen molar-refractivity contribution >= 4 is 11.7 Å². The maximum absolute atomic E-state index is 13.4. The van der Waals surface area contributed by atoms with Crippen LogP contribution < -0.4 is 15.0 Å². The van der Waals surface area contributed by atoms with Crippen LogP contribution in [-0.2, 0) is 6.42 Å². The Balaban J connectivity index is 1.53. The molecule has 0 spiro atoms. The molecule has 1 aliphatic heterocycles. The van der Waals surface area contributed by atoms with Crippen molar-refractivity contribution in [3.63, 3.8) is 0 Å². The molecular formula is C18H18F2N2O2. The average molecular weight is 332 g/mol. The van der Waals surface area contributed by atoms with E-state index in [-0.39, 0.29) is 31.0 Å². The first-order chi connectivity index (χ1) is 11.6. The zero-order chi connectivity index (χ0) is 17.1. The Morgan fingerprint density at radius 3 is 2.88 bits per heavy atom. The second-order valence-electron chi connectivity index (χ2n) is 5.71. The second kappa shape index (κ2) is 6.86. The lowest BCUT2D eigenvalue weighted by Crippen LogP contribution is -2.44. The average Bonchev–Trinajstić information content (AvgIpc) is 2.88. The lowest BCUT2D eigenvalue weighted by atomic mass is 10.1. The Labute approximate surface area is 139 Å². The largest absolute Gasteiger partial charge is 0.489 e. The van der Waals surface area contributed by atoms with Crippen LogP contribution in [0, 0.1) is 11.6 Å². The van der Waals surface area contributed by atoms with Gasteiger partial charge in [-0.3, -0.25) is 4.90 Å². The molecule has 0 aromatic heterocycles. The van der Waals surface area contributed by atoms with Gasteiger partial charge < -0.3 is 10.1 Å². The van der Waals surface area contributed by atoms with E-state index in [0.717, 1.165) is 29.8 Å². The minimum Gasteiger partial charge on any atom is -0.489 e. The number of nitrogens with zero attached hydrogens (tertiary/aromatic N) is 1. The van der Waals surface area contributed by atoms with Crippen molar-refractivity contribution in [1.29, 1.82) is 0 Å². The molecule has 1 unspecified atom stereocenters. The van der Waals surface area contributed by atoms with Gasteiger partial charge in [0.1, 0.15) is 12.4 Å². The maximum Gasteiger partial charge on any atom is 0.322 e. The highest BCUT2D eigenvalue weighted by Gasteiger charge is 2.30. The van der Waals surface area contributed by atoms with Crippen molar-refractivity contribution in [3.05, 3.63) is 59.7 Å². The van der Waals surface area contributed by atoms with Gasteiger partial charge in [-0.05, 0) is 37.1 Å². The number of urea groups is 1. The molecule has 2 amide bonds. The summed E-state index contributed by atoms with van der Waals surface area (Å²) in [6, 6.07) is 10.8. The number of hydrogen-bond acceptors (Lipinski definition) is 2. The molecule has 1 atom stereocenters. The SMILES string of the molecule is CC1Cc2ccccc2N1C(=O)NCCOc1ccc(F)cc1F. The van der Waals surface area contributed by atoms with Crippen LogP contribution in [0.15, 0.2) is 42.5 Å². The normalized spacial score (nSPS) is 16.0. The van der Waals surface area contributed by atoms with E-state index in [9.17, 15) is 13.6 Å². The van der Waals surface area contributed by atoms with Crippen LogP contribution >= 0.6 is 0 Å². The number of hydrogen-bond donors (Lipinski definition) is 1. The Morgan fingerprint density at radius 2 is 2.08 bits per heavy atom. The van der Waals surface area contributed by atoms with Crippen molar-refractivity contribution in [2.24, 2.45) is 0 Å². The minimum absolute atomic E-state index is 0.0365. The summed E-state index contributed by atoms with van der Waals surface area (Å²) in [6.45, 7) is 2.31. The van der Waals surface area contributed by atoms with E-state index in [4.69, 9.17) is 4.74 Å². The molecule has 1 N–H and O–H groups in total. The number of anilines is 1. The van der Waals surface area contributed by atoms with Crippen LogP contribution in [0.3, 0.4) is 0 Å². The van der Waals surface area contributed by atoms with E-state index in [0.29, 0.717) is 0 Å². The first-order valence-electron chi connectivity index (χ1n) is 7.79. The van der Waals surface area contributed by atoms with Gasteiger partial charge in [-0.15, -0.1) is 0 Å². The third-order valence-corrected chi connectivity index (χ3v) is 3.96. The van der Waals surface area contributed by atoms with Gasteiger partial charge in [0.05, 0.1) is 6.54 Å². The van der Waals surface area contributed by atoms with Crippen LogP contribution in [-0.4, -0.2) is 25.2 Å². The zero-order valence-electron chi connectivity index (χ0n) is 13.3. The first-order valence-corrected chi connectivity index (χ1v) is 7.79. The number of benzene rings is 2. The molecule has 4 nitrogen and oxygen atoms in total. The molecule has 24 heavy (non-hydrogen) atoms. The van der Waals surface area contributed by atoms with E-state index < -0.39 is 11.6 Å². The molecule has 0 aliphatic carbocycles. The van der Waals surface area contributed by atoms with Crippen LogP contribution in [0.2, 0.25) is 0 Å². The van der Waals surface area contributed by atoms with E-state index >= 15 is 0 Å². The summed E-state index contributed by atoms with van der Waals surface area (Å²) in [4.78, 5) is 14.1. The molecule has 6 heteroatoms. The van der Waals surface area contributed by atoms with E-state index in [1.807, 2.05) is 31.2 Å². The fraction of sp³-hybridized carbons (Fsp3) is 0.278. The van der Waals surface area contributed by atoms with Gasteiger partial charge in [0.15, 0.2) is 11.6 Å². The molecule has 0 fully saturated rings. The van der Waals surface area contributed by atoms with Gasteiger partial charge in [-0.25, -0.2) is 13.6 Å². The van der Waals surface area contributed by atoms with Crippen molar-refractivity contribution in [1.82, 2.24) is 5.32 Å². The topological polar surface area (TPSA) is 41.6 Å². The lowest BCUT2D eigenvalue weighted by Gasteiger charge is -2.23. The smallest absolute Gasteiger partial charge is 0.322 e. The van der Waals surface area contributed by atoms with Crippen molar-refractivity contribution < 1.29 is 18.3 Å².